The number of amides is 4. The summed E-state index contributed by atoms with van der Waals surface area (Å²) in [6.45, 7) is 6.64. The van der Waals surface area contributed by atoms with E-state index in [1.165, 1.54) is 24.0 Å². The van der Waals surface area contributed by atoms with Crippen LogP contribution in [0.3, 0.4) is 0 Å². The van der Waals surface area contributed by atoms with Gasteiger partial charge in [-0.25, -0.2) is 9.59 Å². The topological polar surface area (TPSA) is 105 Å². The first-order valence-electron chi connectivity index (χ1n) is 9.75. The molecule has 0 saturated carbocycles. The second-order valence-electron chi connectivity index (χ2n) is 7.99. The van der Waals surface area contributed by atoms with E-state index >= 15 is 0 Å². The number of para-hydroxylation sites is 1. The van der Waals surface area contributed by atoms with Crippen molar-refractivity contribution in [3.63, 3.8) is 0 Å². The number of imide groups is 1. The standard InChI is InChI=1S/C23H27N3O5/c1-15(19(27)24-22(30)25-23(2,3)4)31-21(29)18-14-10-9-13-17(18)20(28)26(5)16-11-7-6-8-12-16/h6-15H,1-5H3,(H2,24,25,27,30)/t15-/m0/s1. The van der Waals surface area contributed by atoms with E-state index < -0.39 is 35.5 Å². The van der Waals surface area contributed by atoms with Crippen LogP contribution in [0.25, 0.3) is 0 Å². The predicted molar refractivity (Wildman–Crippen MR) is 117 cm³/mol. The highest BCUT2D eigenvalue weighted by Crippen LogP contribution is 2.18. The SMILES string of the molecule is C[C@H](OC(=O)c1ccccc1C(=O)N(C)c1ccccc1)C(=O)NC(=O)NC(C)(C)C. The second kappa shape index (κ2) is 9.88. The number of hydrogen-bond acceptors (Lipinski definition) is 5. The number of carbonyl (C=O) groups excluding carboxylic acids is 4. The van der Waals surface area contributed by atoms with Gasteiger partial charge in [-0.2, -0.15) is 0 Å². The smallest absolute Gasteiger partial charge is 0.339 e. The molecule has 4 amide bonds. The lowest BCUT2D eigenvalue weighted by Crippen LogP contribution is -2.50. The zero-order chi connectivity index (χ0) is 23.2. The van der Waals surface area contributed by atoms with Gasteiger partial charge < -0.3 is 15.0 Å². The van der Waals surface area contributed by atoms with Crippen LogP contribution in [-0.2, 0) is 9.53 Å². The largest absolute Gasteiger partial charge is 0.449 e. The first-order chi connectivity index (χ1) is 14.5. The van der Waals surface area contributed by atoms with Crippen LogP contribution in [-0.4, -0.2) is 42.5 Å². The molecule has 0 aliphatic carbocycles. The van der Waals surface area contributed by atoms with Gasteiger partial charge in [0, 0.05) is 18.3 Å². The Labute approximate surface area is 181 Å². The molecule has 2 aromatic rings. The Hall–Kier alpha value is -3.68. The summed E-state index contributed by atoms with van der Waals surface area (Å²) in [5.41, 5.74) is 0.285. The third-order valence-corrected chi connectivity index (χ3v) is 4.20. The molecule has 0 bridgehead atoms. The molecule has 8 heteroatoms. The summed E-state index contributed by atoms with van der Waals surface area (Å²) in [6.07, 6.45) is -1.24. The van der Waals surface area contributed by atoms with Crippen LogP contribution in [0.5, 0.6) is 0 Å². The lowest BCUT2D eigenvalue weighted by Gasteiger charge is -2.21. The van der Waals surface area contributed by atoms with Crippen LogP contribution in [0.15, 0.2) is 54.6 Å². The molecule has 2 aromatic carbocycles. The monoisotopic (exact) mass is 425 g/mol. The fourth-order valence-corrected chi connectivity index (χ4v) is 2.66. The molecular formula is C23H27N3O5. The molecule has 0 aromatic heterocycles. The first kappa shape index (κ1) is 23.6. The van der Waals surface area contributed by atoms with Crippen LogP contribution in [0, 0.1) is 0 Å². The molecule has 8 nitrogen and oxygen atoms in total. The third-order valence-electron chi connectivity index (χ3n) is 4.20. The van der Waals surface area contributed by atoms with Gasteiger partial charge in [-0.3, -0.25) is 14.9 Å². The summed E-state index contributed by atoms with van der Waals surface area (Å²) in [4.78, 5) is 51.1. The highest BCUT2D eigenvalue weighted by atomic mass is 16.5. The van der Waals surface area contributed by atoms with Crippen molar-refractivity contribution in [1.29, 1.82) is 0 Å². The van der Waals surface area contributed by atoms with Crippen molar-refractivity contribution in [1.82, 2.24) is 10.6 Å². The number of anilines is 1. The first-order valence-corrected chi connectivity index (χ1v) is 9.75. The molecule has 0 heterocycles. The molecule has 31 heavy (non-hydrogen) atoms. The summed E-state index contributed by atoms with van der Waals surface area (Å²) >= 11 is 0. The van der Waals surface area contributed by atoms with Crippen LogP contribution in [0.1, 0.15) is 48.4 Å². The van der Waals surface area contributed by atoms with Gasteiger partial charge >= 0.3 is 12.0 Å². The van der Waals surface area contributed by atoms with Crippen molar-refractivity contribution in [3.8, 4) is 0 Å². The third kappa shape index (κ3) is 6.67. The average molecular weight is 425 g/mol. The number of esters is 1. The van der Waals surface area contributed by atoms with Crippen molar-refractivity contribution in [2.75, 3.05) is 11.9 Å². The van der Waals surface area contributed by atoms with Gasteiger partial charge in [0.2, 0.25) is 0 Å². The molecule has 0 radical (unpaired) electrons. The number of nitrogens with one attached hydrogen (secondary N) is 2. The van der Waals surface area contributed by atoms with Crippen molar-refractivity contribution >= 4 is 29.5 Å². The highest BCUT2D eigenvalue weighted by Gasteiger charge is 2.26. The molecule has 0 aliphatic heterocycles. The van der Waals surface area contributed by atoms with Gasteiger partial charge in [-0.05, 0) is 52.0 Å². The van der Waals surface area contributed by atoms with Crippen molar-refractivity contribution in [3.05, 3.63) is 65.7 Å². The van der Waals surface area contributed by atoms with E-state index in [0.717, 1.165) is 0 Å². The van der Waals surface area contributed by atoms with Gasteiger partial charge in [-0.15, -0.1) is 0 Å². The fourth-order valence-electron chi connectivity index (χ4n) is 2.66. The molecule has 0 saturated heterocycles. The number of nitrogens with zero attached hydrogens (tertiary/aromatic N) is 1. The number of ether oxygens (including phenoxy) is 1. The summed E-state index contributed by atoms with van der Waals surface area (Å²) in [6, 6.07) is 14.5. The Morgan fingerprint density at radius 1 is 0.903 bits per heavy atom. The van der Waals surface area contributed by atoms with E-state index in [9.17, 15) is 19.2 Å². The minimum atomic E-state index is -1.24. The van der Waals surface area contributed by atoms with E-state index in [4.69, 9.17) is 4.74 Å². The Balaban J connectivity index is 2.11. The van der Waals surface area contributed by atoms with Crippen LogP contribution < -0.4 is 15.5 Å². The average Bonchev–Trinajstić information content (AvgIpc) is 2.71. The summed E-state index contributed by atoms with van der Waals surface area (Å²) in [7, 11) is 1.60. The fraction of sp³-hybridized carbons (Fsp3) is 0.304. The maximum Gasteiger partial charge on any atom is 0.339 e. The number of urea groups is 1. The van der Waals surface area contributed by atoms with E-state index in [1.54, 1.807) is 64.2 Å². The Bertz CT molecular complexity index is 967. The Kier molecular flexibility index (Phi) is 7.52. The number of benzene rings is 2. The minimum Gasteiger partial charge on any atom is -0.449 e. The van der Waals surface area contributed by atoms with Gasteiger partial charge in [-0.1, -0.05) is 30.3 Å². The molecule has 0 fully saturated rings. The quantitative estimate of drug-likeness (QED) is 0.716. The lowest BCUT2D eigenvalue weighted by atomic mass is 10.1. The Morgan fingerprint density at radius 3 is 2.03 bits per heavy atom. The number of carbonyl (C=O) groups is 4. The minimum absolute atomic E-state index is 0.0223. The molecule has 2 rings (SSSR count). The maximum atomic E-state index is 13.0. The van der Waals surface area contributed by atoms with Crippen LogP contribution in [0.4, 0.5) is 10.5 Å². The molecule has 0 unspecified atom stereocenters. The van der Waals surface area contributed by atoms with Crippen molar-refractivity contribution < 1.29 is 23.9 Å². The normalized spacial score (nSPS) is 11.8. The van der Waals surface area contributed by atoms with E-state index in [1.807, 2.05) is 6.07 Å². The summed E-state index contributed by atoms with van der Waals surface area (Å²) in [5.74, 6) is -2.02. The molecular weight excluding hydrogens is 398 g/mol. The zero-order valence-electron chi connectivity index (χ0n) is 18.3. The molecule has 0 aliphatic rings. The van der Waals surface area contributed by atoms with Gasteiger partial charge in [0.1, 0.15) is 0 Å². The van der Waals surface area contributed by atoms with Crippen molar-refractivity contribution in [2.24, 2.45) is 0 Å². The number of rotatable bonds is 5. The zero-order valence-corrected chi connectivity index (χ0v) is 18.3. The van der Waals surface area contributed by atoms with Crippen molar-refractivity contribution in [2.45, 2.75) is 39.3 Å². The van der Waals surface area contributed by atoms with E-state index in [-0.39, 0.29) is 11.1 Å². The molecule has 0 spiro atoms. The second-order valence-corrected chi connectivity index (χ2v) is 7.99. The highest BCUT2D eigenvalue weighted by molar-refractivity contribution is 6.12. The molecule has 2 N–H and O–H groups in total. The number of hydrogen-bond donors (Lipinski definition) is 2. The Morgan fingerprint density at radius 2 is 1.45 bits per heavy atom. The summed E-state index contributed by atoms with van der Waals surface area (Å²) in [5, 5.41) is 4.71. The van der Waals surface area contributed by atoms with Crippen LogP contribution in [0.2, 0.25) is 0 Å². The van der Waals surface area contributed by atoms with E-state index in [2.05, 4.69) is 10.6 Å². The molecule has 1 atom stereocenters. The van der Waals surface area contributed by atoms with Gasteiger partial charge in [0.15, 0.2) is 6.10 Å². The lowest BCUT2D eigenvalue weighted by molar-refractivity contribution is -0.127. The van der Waals surface area contributed by atoms with Gasteiger partial charge in [0.25, 0.3) is 11.8 Å². The van der Waals surface area contributed by atoms with Gasteiger partial charge in [0.05, 0.1) is 11.1 Å². The van der Waals surface area contributed by atoms with E-state index in [0.29, 0.717) is 5.69 Å². The predicted octanol–water partition coefficient (Wildman–Crippen LogP) is 3.13. The maximum absolute atomic E-state index is 13.0. The van der Waals surface area contributed by atoms with Crippen LogP contribution >= 0.6 is 0 Å². The molecule has 164 valence electrons. The summed E-state index contributed by atoms with van der Waals surface area (Å²) < 4.78 is 5.20.